The van der Waals surface area contributed by atoms with Crippen molar-refractivity contribution in [3.8, 4) is 6.07 Å². The van der Waals surface area contributed by atoms with Crippen molar-refractivity contribution in [3.63, 3.8) is 0 Å². The summed E-state index contributed by atoms with van der Waals surface area (Å²) >= 11 is 1.30. The van der Waals surface area contributed by atoms with Gasteiger partial charge < -0.3 is 11.1 Å². The number of thioether (sulfide) groups is 1. The third kappa shape index (κ3) is 5.31. The average molecular weight is 451 g/mol. The highest BCUT2D eigenvalue weighted by Crippen LogP contribution is 2.38. The van der Waals surface area contributed by atoms with Gasteiger partial charge in [0.2, 0.25) is 5.91 Å². The van der Waals surface area contributed by atoms with Crippen molar-refractivity contribution in [3.05, 3.63) is 52.7 Å². The quantitative estimate of drug-likeness (QED) is 0.619. The fourth-order valence-corrected chi connectivity index (χ4v) is 5.03. The number of benzene rings is 1. The third-order valence-corrected chi connectivity index (χ3v) is 7.43. The highest BCUT2D eigenvalue weighted by molar-refractivity contribution is 8.00. The predicted octanol–water partition coefficient (Wildman–Crippen LogP) is 4.71. The largest absolute Gasteiger partial charge is 0.366 e. The molecule has 0 spiro atoms. The zero-order valence-corrected chi connectivity index (χ0v) is 19.9. The number of amides is 2. The number of nitrogens with one attached hydrogen (secondary N) is 1. The number of rotatable bonds is 6. The van der Waals surface area contributed by atoms with E-state index in [1.54, 1.807) is 24.3 Å². The summed E-state index contributed by atoms with van der Waals surface area (Å²) in [5.74, 6) is -0.290. The van der Waals surface area contributed by atoms with Crippen molar-refractivity contribution in [2.24, 2.45) is 17.1 Å². The van der Waals surface area contributed by atoms with Crippen LogP contribution in [0.3, 0.4) is 0 Å². The molecule has 168 valence electrons. The molecule has 0 bridgehead atoms. The van der Waals surface area contributed by atoms with E-state index in [-0.39, 0.29) is 16.9 Å². The van der Waals surface area contributed by atoms with Crippen LogP contribution in [0, 0.1) is 22.7 Å². The van der Waals surface area contributed by atoms with E-state index in [4.69, 9.17) is 10.7 Å². The lowest BCUT2D eigenvalue weighted by atomic mass is 9.71. The Kier molecular flexibility index (Phi) is 7.25. The number of nitrogens with zero attached hydrogens (tertiary/aromatic N) is 2. The highest BCUT2D eigenvalue weighted by atomic mass is 32.2. The second kappa shape index (κ2) is 9.74. The summed E-state index contributed by atoms with van der Waals surface area (Å²) in [5.41, 5.74) is 8.96. The van der Waals surface area contributed by atoms with E-state index in [2.05, 4.69) is 32.2 Å². The smallest absolute Gasteiger partial charge is 0.250 e. The number of aryl methyl sites for hydroxylation is 1. The molecule has 7 heteroatoms. The van der Waals surface area contributed by atoms with Crippen LogP contribution in [0.5, 0.6) is 0 Å². The van der Waals surface area contributed by atoms with Gasteiger partial charge in [0, 0.05) is 5.69 Å². The molecule has 1 aliphatic rings. The Labute approximate surface area is 194 Å². The van der Waals surface area contributed by atoms with E-state index in [1.807, 2.05) is 13.0 Å². The zero-order chi connectivity index (χ0) is 23.5. The summed E-state index contributed by atoms with van der Waals surface area (Å²) in [4.78, 5) is 29.4. The first-order chi connectivity index (χ1) is 15.1. The second-order valence-electron chi connectivity index (χ2n) is 9.28. The van der Waals surface area contributed by atoms with E-state index < -0.39 is 11.2 Å². The summed E-state index contributed by atoms with van der Waals surface area (Å²) in [6.07, 6.45) is 3.42. The van der Waals surface area contributed by atoms with E-state index in [0.717, 1.165) is 30.5 Å². The van der Waals surface area contributed by atoms with Gasteiger partial charge in [-0.25, -0.2) is 4.98 Å². The molecule has 0 aliphatic heterocycles. The second-order valence-corrected chi connectivity index (χ2v) is 10.5. The van der Waals surface area contributed by atoms with E-state index in [9.17, 15) is 14.9 Å². The van der Waals surface area contributed by atoms with E-state index >= 15 is 0 Å². The number of primary amides is 1. The normalized spacial score (nSPS) is 16.5. The summed E-state index contributed by atoms with van der Waals surface area (Å²) < 4.78 is 0. The molecule has 2 atom stereocenters. The number of carbonyl (C=O) groups excluding carboxylic acids is 2. The Hall–Kier alpha value is -2.85. The molecule has 3 N–H and O–H groups in total. The first-order valence-corrected chi connectivity index (χ1v) is 11.8. The molecular formula is C25H30N4O2S. The van der Waals surface area contributed by atoms with Crippen LogP contribution in [0.25, 0.3) is 0 Å². The molecule has 6 nitrogen and oxygen atoms in total. The summed E-state index contributed by atoms with van der Waals surface area (Å²) in [7, 11) is 0. The van der Waals surface area contributed by atoms with Crippen molar-refractivity contribution in [2.45, 2.75) is 63.7 Å². The topological polar surface area (TPSA) is 109 Å². The lowest BCUT2D eigenvalue weighted by molar-refractivity contribution is -0.115. The highest BCUT2D eigenvalue weighted by Gasteiger charge is 2.30. The van der Waals surface area contributed by atoms with Gasteiger partial charge in [0.05, 0.1) is 22.1 Å². The van der Waals surface area contributed by atoms with Crippen LogP contribution in [0.2, 0.25) is 0 Å². The Morgan fingerprint density at radius 3 is 2.69 bits per heavy atom. The number of pyridine rings is 1. The predicted molar refractivity (Wildman–Crippen MR) is 127 cm³/mol. The van der Waals surface area contributed by atoms with Gasteiger partial charge in [-0.1, -0.05) is 51.6 Å². The maximum atomic E-state index is 13.0. The number of hydrogen-bond acceptors (Lipinski definition) is 5. The van der Waals surface area contributed by atoms with Crippen LogP contribution in [-0.2, 0) is 17.6 Å². The minimum Gasteiger partial charge on any atom is -0.366 e. The molecule has 1 aromatic heterocycles. The molecule has 2 unspecified atom stereocenters. The lowest BCUT2D eigenvalue weighted by Crippen LogP contribution is -2.28. The number of nitrogens with two attached hydrogens (primary N) is 1. The molecule has 0 radical (unpaired) electrons. The maximum Gasteiger partial charge on any atom is 0.250 e. The van der Waals surface area contributed by atoms with Crippen LogP contribution in [-0.4, -0.2) is 22.0 Å². The number of hydrogen-bond donors (Lipinski definition) is 2. The van der Waals surface area contributed by atoms with Crippen LogP contribution < -0.4 is 11.1 Å². The minimum absolute atomic E-state index is 0.213. The minimum atomic E-state index is -0.599. The molecule has 32 heavy (non-hydrogen) atoms. The van der Waals surface area contributed by atoms with Gasteiger partial charge in [-0.3, -0.25) is 9.59 Å². The zero-order valence-electron chi connectivity index (χ0n) is 19.1. The Morgan fingerprint density at radius 1 is 1.34 bits per heavy atom. The maximum absolute atomic E-state index is 13.0. The Bertz CT molecular complexity index is 1070. The summed E-state index contributed by atoms with van der Waals surface area (Å²) in [6, 6.07) is 10.9. The molecule has 1 heterocycles. The number of para-hydroxylation sites is 1. The van der Waals surface area contributed by atoms with Gasteiger partial charge in [-0.05, 0) is 60.8 Å². The number of aromatic nitrogens is 1. The van der Waals surface area contributed by atoms with Crippen molar-refractivity contribution in [1.29, 1.82) is 5.26 Å². The Balaban J connectivity index is 1.82. The molecular weight excluding hydrogens is 420 g/mol. The first-order valence-electron chi connectivity index (χ1n) is 10.9. The summed E-state index contributed by atoms with van der Waals surface area (Å²) in [5, 5.41) is 12.7. The Morgan fingerprint density at radius 2 is 2.06 bits per heavy atom. The number of carbonyl (C=O) groups is 2. The van der Waals surface area contributed by atoms with Gasteiger partial charge in [0.1, 0.15) is 11.1 Å². The molecule has 2 amide bonds. The van der Waals surface area contributed by atoms with Crippen LogP contribution >= 0.6 is 11.8 Å². The fourth-order valence-electron chi connectivity index (χ4n) is 4.03. The van der Waals surface area contributed by atoms with Crippen LogP contribution in [0.1, 0.15) is 67.7 Å². The van der Waals surface area contributed by atoms with Crippen molar-refractivity contribution < 1.29 is 9.59 Å². The molecule has 1 aliphatic carbocycles. The van der Waals surface area contributed by atoms with Crippen molar-refractivity contribution in [2.75, 3.05) is 5.32 Å². The standard InChI is InChI=1S/C25H30N4O2S/c1-5-21(23(31)28-20-9-7-6-8-18(20)22(27)30)32-24-16(14-26)12-15-13-17(25(2,3)4)10-11-19(15)29-24/h6-9,12,17,21H,5,10-11,13H2,1-4H3,(H2,27,30)(H,28,31). The molecule has 0 saturated heterocycles. The molecule has 2 aromatic rings. The van der Waals surface area contributed by atoms with E-state index in [0.29, 0.717) is 28.6 Å². The average Bonchev–Trinajstić information content (AvgIpc) is 2.75. The van der Waals surface area contributed by atoms with Gasteiger partial charge in [-0.15, -0.1) is 0 Å². The number of fused-ring (bicyclic) bond motifs is 1. The van der Waals surface area contributed by atoms with Crippen LogP contribution in [0.15, 0.2) is 35.4 Å². The van der Waals surface area contributed by atoms with Gasteiger partial charge in [-0.2, -0.15) is 5.26 Å². The van der Waals surface area contributed by atoms with Crippen molar-refractivity contribution >= 4 is 29.3 Å². The SMILES string of the molecule is CCC(Sc1nc2c(cc1C#N)CC(C(C)(C)C)CC2)C(=O)Nc1ccccc1C(N)=O. The van der Waals surface area contributed by atoms with Crippen LogP contribution in [0.4, 0.5) is 5.69 Å². The van der Waals surface area contributed by atoms with Gasteiger partial charge >= 0.3 is 0 Å². The molecule has 3 rings (SSSR count). The van der Waals surface area contributed by atoms with E-state index in [1.165, 1.54) is 11.8 Å². The number of nitriles is 1. The van der Waals surface area contributed by atoms with Gasteiger partial charge in [0.15, 0.2) is 0 Å². The molecule has 0 fully saturated rings. The van der Waals surface area contributed by atoms with Crippen molar-refractivity contribution in [1.82, 2.24) is 4.98 Å². The first kappa shape index (κ1) is 23.8. The third-order valence-electron chi connectivity index (χ3n) is 6.06. The summed E-state index contributed by atoms with van der Waals surface area (Å²) in [6.45, 7) is 8.68. The fraction of sp³-hybridized carbons (Fsp3) is 0.440. The van der Waals surface area contributed by atoms with Gasteiger partial charge in [0.25, 0.3) is 5.91 Å². The monoisotopic (exact) mass is 450 g/mol. The molecule has 0 saturated carbocycles. The molecule has 1 aromatic carbocycles. The lowest BCUT2D eigenvalue weighted by Gasteiger charge is -2.34. The number of anilines is 1.